The second kappa shape index (κ2) is 6.48. The number of hydrogen-bond acceptors (Lipinski definition) is 4. The van der Waals surface area contributed by atoms with Crippen molar-refractivity contribution in [2.75, 3.05) is 18.9 Å². The van der Waals surface area contributed by atoms with E-state index in [1.165, 1.54) is 36.8 Å². The maximum atomic E-state index is 12.3. The molecule has 8 heteroatoms. The molecule has 7 nitrogen and oxygen atoms in total. The van der Waals surface area contributed by atoms with E-state index >= 15 is 0 Å². The first-order chi connectivity index (χ1) is 11.5. The molecule has 1 fully saturated rings. The standard InChI is InChI=1S/C16H17N3O4S/c1-19-9-2-3-15(19)18-24(21,22)14-6-4-13(5-7-14)17-16(20)12-8-10-23-11-12/h4-8,10-11H,2-3,9H2,1H3,(H,17,20)/b18-15+. The van der Waals surface area contributed by atoms with Gasteiger partial charge in [-0.3, -0.25) is 4.79 Å². The topological polar surface area (TPSA) is 92.0 Å². The van der Waals surface area contributed by atoms with Gasteiger partial charge in [0.2, 0.25) is 0 Å². The number of carbonyl (C=O) groups is 1. The molecule has 3 rings (SSSR count). The van der Waals surface area contributed by atoms with Gasteiger partial charge in [0.1, 0.15) is 12.1 Å². The summed E-state index contributed by atoms with van der Waals surface area (Å²) in [5.41, 5.74) is 0.883. The number of hydrogen-bond donors (Lipinski definition) is 1. The minimum Gasteiger partial charge on any atom is -0.472 e. The number of nitrogens with zero attached hydrogens (tertiary/aromatic N) is 2. The Morgan fingerprint density at radius 1 is 1.25 bits per heavy atom. The molecule has 1 aliphatic rings. The summed E-state index contributed by atoms with van der Waals surface area (Å²) in [4.78, 5) is 13.8. The smallest absolute Gasteiger partial charge is 0.283 e. The fourth-order valence-electron chi connectivity index (χ4n) is 2.41. The lowest BCUT2D eigenvalue weighted by molar-refractivity contribution is 0.102. The van der Waals surface area contributed by atoms with E-state index < -0.39 is 10.0 Å². The third-order valence-corrected chi connectivity index (χ3v) is 5.07. The van der Waals surface area contributed by atoms with Crippen LogP contribution in [0.25, 0.3) is 0 Å². The van der Waals surface area contributed by atoms with Crippen LogP contribution in [0.3, 0.4) is 0 Å². The van der Waals surface area contributed by atoms with Crippen LogP contribution >= 0.6 is 0 Å². The first-order valence-electron chi connectivity index (χ1n) is 7.44. The molecule has 1 aliphatic heterocycles. The van der Waals surface area contributed by atoms with Gasteiger partial charge in [0, 0.05) is 25.7 Å². The molecule has 0 atom stereocenters. The van der Waals surface area contributed by atoms with Crippen molar-refractivity contribution in [1.82, 2.24) is 4.90 Å². The summed E-state index contributed by atoms with van der Waals surface area (Å²) in [7, 11) is -1.92. The van der Waals surface area contributed by atoms with E-state index in [1.54, 1.807) is 6.07 Å². The summed E-state index contributed by atoms with van der Waals surface area (Å²) in [6.45, 7) is 0.813. The van der Waals surface area contributed by atoms with Gasteiger partial charge in [-0.2, -0.15) is 8.42 Å². The number of carbonyl (C=O) groups excluding carboxylic acids is 1. The van der Waals surface area contributed by atoms with Crippen molar-refractivity contribution in [2.24, 2.45) is 4.40 Å². The van der Waals surface area contributed by atoms with Gasteiger partial charge in [0.15, 0.2) is 0 Å². The minimum atomic E-state index is -3.75. The van der Waals surface area contributed by atoms with Crippen molar-refractivity contribution in [2.45, 2.75) is 17.7 Å². The van der Waals surface area contributed by atoms with Crippen LogP contribution in [0.15, 0.2) is 56.6 Å². The molecule has 2 heterocycles. The normalized spacial score (nSPS) is 16.5. The lowest BCUT2D eigenvalue weighted by atomic mass is 10.3. The van der Waals surface area contributed by atoms with Gasteiger partial charge in [-0.15, -0.1) is 4.40 Å². The van der Waals surface area contributed by atoms with E-state index in [0.717, 1.165) is 13.0 Å². The molecule has 1 aromatic heterocycles. The number of rotatable bonds is 4. The van der Waals surface area contributed by atoms with Gasteiger partial charge in [-0.1, -0.05) is 0 Å². The zero-order chi connectivity index (χ0) is 17.2. The number of anilines is 1. The lowest BCUT2D eigenvalue weighted by Gasteiger charge is -2.11. The lowest BCUT2D eigenvalue weighted by Crippen LogP contribution is -2.20. The molecule has 0 radical (unpaired) electrons. The van der Waals surface area contributed by atoms with Crippen LogP contribution in [-0.4, -0.2) is 38.7 Å². The van der Waals surface area contributed by atoms with Crippen molar-refractivity contribution >= 4 is 27.5 Å². The van der Waals surface area contributed by atoms with E-state index in [1.807, 2.05) is 11.9 Å². The minimum absolute atomic E-state index is 0.0941. The number of benzene rings is 1. The number of likely N-dealkylation sites (tertiary alicyclic amines) is 1. The Kier molecular flexibility index (Phi) is 4.39. The maximum Gasteiger partial charge on any atom is 0.283 e. The molecule has 1 saturated heterocycles. The Morgan fingerprint density at radius 3 is 2.58 bits per heavy atom. The van der Waals surface area contributed by atoms with Gasteiger partial charge >= 0.3 is 0 Å². The van der Waals surface area contributed by atoms with Crippen LogP contribution in [0.1, 0.15) is 23.2 Å². The Hall–Kier alpha value is -2.61. The Morgan fingerprint density at radius 2 is 2.00 bits per heavy atom. The highest BCUT2D eigenvalue weighted by molar-refractivity contribution is 7.90. The molecule has 0 aliphatic carbocycles. The van der Waals surface area contributed by atoms with Gasteiger partial charge in [-0.05, 0) is 36.8 Å². The highest BCUT2D eigenvalue weighted by atomic mass is 32.2. The van der Waals surface area contributed by atoms with Gasteiger partial charge in [-0.25, -0.2) is 0 Å². The van der Waals surface area contributed by atoms with Crippen LogP contribution in [0.2, 0.25) is 0 Å². The molecule has 2 aromatic rings. The van der Waals surface area contributed by atoms with Crippen molar-refractivity contribution in [3.05, 3.63) is 48.4 Å². The number of sulfonamides is 1. The highest BCUT2D eigenvalue weighted by Gasteiger charge is 2.20. The molecule has 0 bridgehead atoms. The Bertz CT molecular complexity index is 855. The first-order valence-corrected chi connectivity index (χ1v) is 8.88. The molecule has 1 amide bonds. The predicted molar refractivity (Wildman–Crippen MR) is 89.6 cm³/mol. The molecule has 0 saturated carbocycles. The van der Waals surface area contributed by atoms with Gasteiger partial charge in [0.05, 0.1) is 16.7 Å². The van der Waals surface area contributed by atoms with Crippen LogP contribution < -0.4 is 5.32 Å². The van der Waals surface area contributed by atoms with Crippen LogP contribution in [0.4, 0.5) is 5.69 Å². The molecule has 126 valence electrons. The van der Waals surface area contributed by atoms with Crippen molar-refractivity contribution in [3.8, 4) is 0 Å². The Balaban J connectivity index is 1.75. The third kappa shape index (κ3) is 3.48. The van der Waals surface area contributed by atoms with E-state index in [0.29, 0.717) is 23.5 Å². The quantitative estimate of drug-likeness (QED) is 0.916. The second-order valence-corrected chi connectivity index (χ2v) is 7.10. The molecular formula is C16H17N3O4S. The third-order valence-electron chi connectivity index (χ3n) is 3.75. The van der Waals surface area contributed by atoms with Crippen LogP contribution in [-0.2, 0) is 10.0 Å². The van der Waals surface area contributed by atoms with Crippen LogP contribution in [0.5, 0.6) is 0 Å². The average molecular weight is 347 g/mol. The monoisotopic (exact) mass is 347 g/mol. The summed E-state index contributed by atoms with van der Waals surface area (Å²) in [6.07, 6.45) is 4.31. The summed E-state index contributed by atoms with van der Waals surface area (Å²) in [6, 6.07) is 7.47. The highest BCUT2D eigenvalue weighted by Crippen LogP contribution is 2.19. The predicted octanol–water partition coefficient (Wildman–Crippen LogP) is 2.34. The maximum absolute atomic E-state index is 12.3. The first kappa shape index (κ1) is 16.3. The number of amidine groups is 1. The van der Waals surface area contributed by atoms with Gasteiger partial charge < -0.3 is 14.6 Å². The van der Waals surface area contributed by atoms with Gasteiger partial charge in [0.25, 0.3) is 15.9 Å². The number of amides is 1. The van der Waals surface area contributed by atoms with E-state index in [-0.39, 0.29) is 10.8 Å². The summed E-state index contributed by atoms with van der Waals surface area (Å²) >= 11 is 0. The molecule has 0 spiro atoms. The second-order valence-electron chi connectivity index (χ2n) is 5.50. The zero-order valence-corrected chi connectivity index (χ0v) is 13.9. The summed E-state index contributed by atoms with van der Waals surface area (Å²) < 4.78 is 33.4. The molecule has 0 unspecified atom stereocenters. The van der Waals surface area contributed by atoms with Crippen molar-refractivity contribution in [3.63, 3.8) is 0 Å². The molecule has 1 aromatic carbocycles. The zero-order valence-electron chi connectivity index (χ0n) is 13.1. The van der Waals surface area contributed by atoms with Crippen molar-refractivity contribution in [1.29, 1.82) is 0 Å². The number of nitrogens with one attached hydrogen (secondary N) is 1. The Labute approximate surface area is 140 Å². The van der Waals surface area contributed by atoms with E-state index in [9.17, 15) is 13.2 Å². The molecular weight excluding hydrogens is 330 g/mol. The van der Waals surface area contributed by atoms with Crippen molar-refractivity contribution < 1.29 is 17.6 Å². The summed E-state index contributed by atoms with van der Waals surface area (Å²) in [5.74, 6) is 0.250. The fourth-order valence-corrected chi connectivity index (χ4v) is 3.50. The summed E-state index contributed by atoms with van der Waals surface area (Å²) in [5, 5.41) is 2.67. The fraction of sp³-hybridized carbons (Fsp3) is 0.250. The largest absolute Gasteiger partial charge is 0.472 e. The van der Waals surface area contributed by atoms with E-state index in [4.69, 9.17) is 4.42 Å². The van der Waals surface area contributed by atoms with Crippen LogP contribution in [0, 0.1) is 0 Å². The van der Waals surface area contributed by atoms with E-state index in [2.05, 4.69) is 9.71 Å². The molecule has 24 heavy (non-hydrogen) atoms. The number of furan rings is 1. The molecule has 1 N–H and O–H groups in total. The average Bonchev–Trinajstić information content (AvgIpc) is 3.20. The SMILES string of the molecule is CN1CCC/C1=N\S(=O)(=O)c1ccc(NC(=O)c2ccoc2)cc1.